The highest BCUT2D eigenvalue weighted by molar-refractivity contribution is 6.04. The fourth-order valence-corrected chi connectivity index (χ4v) is 2.71. The second kappa shape index (κ2) is 3.88. The summed E-state index contributed by atoms with van der Waals surface area (Å²) >= 11 is 0. The minimum absolute atomic E-state index is 0.128. The lowest BCUT2D eigenvalue weighted by atomic mass is 9.84. The van der Waals surface area contributed by atoms with Crippen molar-refractivity contribution in [1.82, 2.24) is 0 Å². The number of fused-ring (bicyclic) bond motifs is 2. The molecule has 1 heterocycles. The Balaban J connectivity index is 2.13. The Morgan fingerprint density at radius 1 is 1.35 bits per heavy atom. The molecule has 0 bridgehead atoms. The van der Waals surface area contributed by atoms with E-state index in [2.05, 4.69) is 18.7 Å². The molecule has 0 fully saturated rings. The van der Waals surface area contributed by atoms with Crippen LogP contribution in [0.15, 0.2) is 42.5 Å². The molecular formula is C15H14O2. The minimum atomic E-state index is -0.138. The van der Waals surface area contributed by atoms with E-state index in [1.54, 1.807) is 0 Å². The summed E-state index contributed by atoms with van der Waals surface area (Å²) < 4.78 is 5.42. The van der Waals surface area contributed by atoms with Crippen molar-refractivity contribution in [3.8, 4) is 0 Å². The second-order valence-electron chi connectivity index (χ2n) is 4.47. The van der Waals surface area contributed by atoms with Crippen LogP contribution in [-0.4, -0.2) is 12.1 Å². The zero-order valence-corrected chi connectivity index (χ0v) is 9.61. The molecule has 0 aromatic heterocycles. The van der Waals surface area contributed by atoms with Crippen LogP contribution in [0.2, 0.25) is 0 Å². The fraction of sp³-hybridized carbons (Fsp3) is 0.267. The van der Waals surface area contributed by atoms with Gasteiger partial charge in [-0.1, -0.05) is 30.3 Å². The lowest BCUT2D eigenvalue weighted by molar-refractivity contribution is -0.139. The highest BCUT2D eigenvalue weighted by Crippen LogP contribution is 2.40. The molecule has 0 radical (unpaired) electrons. The van der Waals surface area contributed by atoms with Gasteiger partial charge in [0.05, 0.1) is 0 Å². The Hall–Kier alpha value is -1.83. The summed E-state index contributed by atoms with van der Waals surface area (Å²) in [5, 5.41) is 0. The number of benzene rings is 1. The zero-order valence-electron chi connectivity index (χ0n) is 9.61. The van der Waals surface area contributed by atoms with Crippen molar-refractivity contribution < 1.29 is 9.53 Å². The van der Waals surface area contributed by atoms with Crippen LogP contribution in [0, 0.1) is 0 Å². The van der Waals surface area contributed by atoms with E-state index in [1.165, 1.54) is 11.1 Å². The van der Waals surface area contributed by atoms with Gasteiger partial charge in [-0.3, -0.25) is 0 Å². The van der Waals surface area contributed by atoms with Crippen LogP contribution in [0.3, 0.4) is 0 Å². The number of carbonyl (C=O) groups is 1. The molecule has 3 rings (SSSR count). The highest BCUT2D eigenvalue weighted by atomic mass is 16.5. The smallest absolute Gasteiger partial charge is 0.335 e. The standard InChI is InChI=1S/C15H14O2/c1-2-5-13-14-11-7-4-3-6-10(11)8-9-12(14)15(16)17-13/h2-4,6-7,13H,1,5,8-9H2. The molecule has 0 spiro atoms. The van der Waals surface area contributed by atoms with Gasteiger partial charge in [-0.05, 0) is 24.0 Å². The predicted molar refractivity (Wildman–Crippen MR) is 66.4 cm³/mol. The van der Waals surface area contributed by atoms with Crippen LogP contribution in [0.4, 0.5) is 0 Å². The Morgan fingerprint density at radius 3 is 3.00 bits per heavy atom. The summed E-state index contributed by atoms with van der Waals surface area (Å²) in [7, 11) is 0. The number of aryl methyl sites for hydroxylation is 1. The van der Waals surface area contributed by atoms with E-state index >= 15 is 0 Å². The van der Waals surface area contributed by atoms with Crippen LogP contribution < -0.4 is 0 Å². The Bertz CT molecular complexity index is 525. The molecule has 1 unspecified atom stereocenters. The quantitative estimate of drug-likeness (QED) is 0.572. The molecule has 0 N–H and O–H groups in total. The van der Waals surface area contributed by atoms with Gasteiger partial charge in [-0.2, -0.15) is 0 Å². The van der Waals surface area contributed by atoms with Crippen molar-refractivity contribution in [2.45, 2.75) is 25.4 Å². The average Bonchev–Trinajstić information content (AvgIpc) is 2.67. The third kappa shape index (κ3) is 1.52. The van der Waals surface area contributed by atoms with Crippen molar-refractivity contribution in [2.24, 2.45) is 0 Å². The van der Waals surface area contributed by atoms with E-state index in [9.17, 15) is 4.79 Å². The highest BCUT2D eigenvalue weighted by Gasteiger charge is 2.36. The molecule has 1 aliphatic carbocycles. The molecule has 1 aromatic rings. The Morgan fingerprint density at radius 2 is 2.18 bits per heavy atom. The largest absolute Gasteiger partial charge is 0.454 e. The molecule has 0 saturated heterocycles. The Labute approximate surface area is 101 Å². The number of esters is 1. The summed E-state index contributed by atoms with van der Waals surface area (Å²) in [5.41, 5.74) is 4.47. The minimum Gasteiger partial charge on any atom is -0.454 e. The summed E-state index contributed by atoms with van der Waals surface area (Å²) in [5.74, 6) is -0.138. The number of hydrogen-bond acceptors (Lipinski definition) is 2. The first-order chi connectivity index (χ1) is 8.31. The van der Waals surface area contributed by atoms with E-state index in [0.717, 1.165) is 24.0 Å². The lowest BCUT2D eigenvalue weighted by Gasteiger charge is -2.19. The first-order valence-electron chi connectivity index (χ1n) is 5.94. The maximum atomic E-state index is 11.8. The van der Waals surface area contributed by atoms with Gasteiger partial charge in [0, 0.05) is 17.6 Å². The summed E-state index contributed by atoms with van der Waals surface area (Å²) in [6.45, 7) is 3.73. The summed E-state index contributed by atoms with van der Waals surface area (Å²) in [4.78, 5) is 11.8. The monoisotopic (exact) mass is 226 g/mol. The van der Waals surface area contributed by atoms with Gasteiger partial charge in [0.2, 0.25) is 0 Å². The van der Waals surface area contributed by atoms with Gasteiger partial charge < -0.3 is 4.74 Å². The molecule has 2 nitrogen and oxygen atoms in total. The van der Waals surface area contributed by atoms with Gasteiger partial charge >= 0.3 is 5.97 Å². The van der Waals surface area contributed by atoms with Crippen molar-refractivity contribution in [1.29, 1.82) is 0 Å². The summed E-state index contributed by atoms with van der Waals surface area (Å²) in [6.07, 6.45) is 4.12. The van der Waals surface area contributed by atoms with Gasteiger partial charge in [-0.25, -0.2) is 4.79 Å². The Kier molecular flexibility index (Phi) is 2.36. The SMILES string of the molecule is C=CCC1OC(=O)C2=C1c1ccccc1CC2. The maximum absolute atomic E-state index is 11.8. The van der Waals surface area contributed by atoms with Crippen molar-refractivity contribution in [2.75, 3.05) is 0 Å². The van der Waals surface area contributed by atoms with E-state index in [4.69, 9.17) is 4.74 Å². The first kappa shape index (κ1) is 10.3. The van der Waals surface area contributed by atoms with Gasteiger partial charge in [0.15, 0.2) is 0 Å². The average molecular weight is 226 g/mol. The van der Waals surface area contributed by atoms with Crippen molar-refractivity contribution in [3.05, 3.63) is 53.6 Å². The zero-order chi connectivity index (χ0) is 11.8. The molecule has 1 aliphatic heterocycles. The molecule has 0 saturated carbocycles. The lowest BCUT2D eigenvalue weighted by Crippen LogP contribution is -2.11. The number of carbonyl (C=O) groups excluding carboxylic acids is 1. The van der Waals surface area contributed by atoms with Crippen LogP contribution in [0.5, 0.6) is 0 Å². The van der Waals surface area contributed by atoms with Crippen LogP contribution in [0.25, 0.3) is 5.57 Å². The van der Waals surface area contributed by atoms with Crippen molar-refractivity contribution >= 4 is 11.5 Å². The number of cyclic esters (lactones) is 1. The third-order valence-corrected chi connectivity index (χ3v) is 3.48. The molecule has 1 aromatic carbocycles. The van der Waals surface area contributed by atoms with Crippen molar-refractivity contribution in [3.63, 3.8) is 0 Å². The van der Waals surface area contributed by atoms with Crippen LogP contribution in [-0.2, 0) is 16.0 Å². The predicted octanol–water partition coefficient (Wildman–Crippen LogP) is 2.89. The molecule has 0 amide bonds. The molecule has 2 aliphatic rings. The number of rotatable bonds is 2. The van der Waals surface area contributed by atoms with Crippen LogP contribution >= 0.6 is 0 Å². The number of hydrogen-bond donors (Lipinski definition) is 0. The normalized spacial score (nSPS) is 21.9. The van der Waals surface area contributed by atoms with Crippen LogP contribution in [0.1, 0.15) is 24.0 Å². The second-order valence-corrected chi connectivity index (χ2v) is 4.47. The molecule has 1 atom stereocenters. The molecular weight excluding hydrogens is 212 g/mol. The van der Waals surface area contributed by atoms with E-state index < -0.39 is 0 Å². The molecule has 2 heteroatoms. The van der Waals surface area contributed by atoms with Gasteiger partial charge in [0.1, 0.15) is 6.10 Å². The van der Waals surface area contributed by atoms with Gasteiger partial charge in [-0.15, -0.1) is 6.58 Å². The first-order valence-corrected chi connectivity index (χ1v) is 5.94. The fourth-order valence-electron chi connectivity index (χ4n) is 2.71. The molecule has 17 heavy (non-hydrogen) atoms. The van der Waals surface area contributed by atoms with E-state index in [0.29, 0.717) is 6.42 Å². The van der Waals surface area contributed by atoms with Gasteiger partial charge in [0.25, 0.3) is 0 Å². The molecule has 86 valence electrons. The van der Waals surface area contributed by atoms with E-state index in [-0.39, 0.29) is 12.1 Å². The number of ether oxygens (including phenoxy) is 1. The summed E-state index contributed by atoms with van der Waals surface area (Å²) in [6, 6.07) is 8.28. The van der Waals surface area contributed by atoms with E-state index in [1.807, 2.05) is 18.2 Å². The topological polar surface area (TPSA) is 26.3 Å². The third-order valence-electron chi connectivity index (χ3n) is 3.48. The maximum Gasteiger partial charge on any atom is 0.335 e.